The maximum absolute atomic E-state index is 11.0. The first kappa shape index (κ1) is 20.3. The van der Waals surface area contributed by atoms with Crippen LogP contribution in [0.25, 0.3) is 0 Å². The van der Waals surface area contributed by atoms with Gasteiger partial charge in [0, 0.05) is 0 Å². The van der Waals surface area contributed by atoms with Crippen molar-refractivity contribution < 1.29 is 18.9 Å². The molecule has 5 rings (SSSR count). The van der Waals surface area contributed by atoms with Gasteiger partial charge in [0.15, 0.2) is 0 Å². The Labute approximate surface area is 186 Å². The van der Waals surface area contributed by atoms with Crippen LogP contribution in [0, 0.1) is 20.2 Å². The van der Waals surface area contributed by atoms with Crippen LogP contribution in [0.3, 0.4) is 0 Å². The van der Waals surface area contributed by atoms with E-state index >= 15 is 0 Å². The summed E-state index contributed by atoms with van der Waals surface area (Å²) in [6.07, 6.45) is 0. The Morgan fingerprint density at radius 1 is 0.667 bits per heavy atom. The van der Waals surface area contributed by atoms with Crippen molar-refractivity contribution in [3.63, 3.8) is 0 Å². The van der Waals surface area contributed by atoms with Gasteiger partial charge in [-0.15, -0.1) is 0 Å². The Balaban J connectivity index is 1.49. The molecule has 2 heterocycles. The molecule has 0 bridgehead atoms. The number of hydrazone groups is 2. The van der Waals surface area contributed by atoms with E-state index in [9.17, 15) is 20.2 Å². The van der Waals surface area contributed by atoms with Crippen molar-refractivity contribution in [3.05, 3.63) is 110 Å². The predicted octanol–water partition coefficient (Wildman–Crippen LogP) is 3.30. The fourth-order valence-corrected chi connectivity index (χ4v) is 6.27. The Bertz CT molecular complexity index is 1240. The normalized spacial score (nSPS) is 18.4. The summed E-state index contributed by atoms with van der Waals surface area (Å²) in [7, 11) is -4.14. The molecule has 2 aliphatic rings. The second-order valence-electron chi connectivity index (χ2n) is 7.12. The summed E-state index contributed by atoms with van der Waals surface area (Å²) in [5.41, 5.74) is 0.876. The SMILES string of the molecule is O=[N+]([O-])c1ccc(C2=NNP3(c4ccccc4)(NN=C(c4ccc([N+](=O)[O-])cc4)O3)O2)cc1. The summed E-state index contributed by atoms with van der Waals surface area (Å²) in [5.74, 6) is 0.332. The molecule has 13 heteroatoms. The quantitative estimate of drug-likeness (QED) is 0.330. The van der Waals surface area contributed by atoms with Gasteiger partial charge in [0.05, 0.1) is 0 Å². The van der Waals surface area contributed by atoms with Crippen molar-refractivity contribution in [2.45, 2.75) is 0 Å². The molecule has 12 nitrogen and oxygen atoms in total. The number of rotatable bonds is 5. The Kier molecular flexibility index (Phi) is 4.46. The second kappa shape index (κ2) is 7.24. The first-order chi connectivity index (χ1) is 15.9. The molecule has 0 aromatic heterocycles. The van der Waals surface area contributed by atoms with Gasteiger partial charge in [-0.3, -0.25) is 0 Å². The van der Waals surface area contributed by atoms with Crippen molar-refractivity contribution in [2.24, 2.45) is 10.2 Å². The zero-order valence-corrected chi connectivity index (χ0v) is 17.6. The van der Waals surface area contributed by atoms with E-state index in [1.165, 1.54) is 48.5 Å². The van der Waals surface area contributed by atoms with Crippen LogP contribution in [0.5, 0.6) is 0 Å². The standard InChI is InChI=1S/C20H15N6O6P/c27-25(28)16-10-6-14(7-11-16)19-21-23-33(31-19,18-4-2-1-3-5-18)24-22-20(32-33)15-8-12-17(13-9-15)26(29)30/h1-13,23-24H. The first-order valence-electron chi connectivity index (χ1n) is 9.57. The van der Waals surface area contributed by atoms with Gasteiger partial charge in [0.2, 0.25) is 0 Å². The maximum atomic E-state index is 11.0. The summed E-state index contributed by atoms with van der Waals surface area (Å²) >= 11 is 0. The zero-order chi connectivity index (χ0) is 23.1. The van der Waals surface area contributed by atoms with Crippen LogP contribution in [0.4, 0.5) is 11.4 Å². The van der Waals surface area contributed by atoms with Gasteiger partial charge >= 0.3 is 186 Å². The van der Waals surface area contributed by atoms with E-state index in [2.05, 4.69) is 20.6 Å². The average Bonchev–Trinajstić information content (AvgIpc) is 3.44. The molecule has 0 aliphatic carbocycles. The average molecular weight is 466 g/mol. The number of nitrogens with zero attached hydrogens (tertiary/aromatic N) is 4. The topological polar surface area (TPSA) is 154 Å². The van der Waals surface area contributed by atoms with Crippen LogP contribution in [-0.2, 0) is 9.05 Å². The number of nitrogens with one attached hydrogen (secondary N) is 2. The van der Waals surface area contributed by atoms with Crippen LogP contribution >= 0.6 is 7.36 Å². The molecule has 0 unspecified atom stereocenters. The van der Waals surface area contributed by atoms with Gasteiger partial charge in [-0.2, -0.15) is 0 Å². The van der Waals surface area contributed by atoms with Crippen molar-refractivity contribution in [1.29, 1.82) is 0 Å². The van der Waals surface area contributed by atoms with E-state index in [4.69, 9.17) is 9.05 Å². The summed E-state index contributed by atoms with van der Waals surface area (Å²) in [5, 5.41) is 37.1. The van der Waals surface area contributed by atoms with Crippen LogP contribution in [0.15, 0.2) is 89.1 Å². The van der Waals surface area contributed by atoms with Gasteiger partial charge in [0.25, 0.3) is 0 Å². The second-order valence-corrected chi connectivity index (χ2v) is 10.3. The zero-order valence-electron chi connectivity index (χ0n) is 16.7. The summed E-state index contributed by atoms with van der Waals surface area (Å²) in [4.78, 5) is 20.9. The van der Waals surface area contributed by atoms with Crippen LogP contribution in [0.1, 0.15) is 11.1 Å². The fraction of sp³-hybridized carbons (Fsp3) is 0. The van der Waals surface area contributed by atoms with E-state index in [-0.39, 0.29) is 23.2 Å². The molecule has 2 N–H and O–H groups in total. The molecule has 0 saturated carbocycles. The summed E-state index contributed by atoms with van der Waals surface area (Å²) in [6.45, 7) is 0. The van der Waals surface area contributed by atoms with Gasteiger partial charge in [-0.25, -0.2) is 0 Å². The molecule has 1 spiro atoms. The van der Waals surface area contributed by atoms with Gasteiger partial charge < -0.3 is 0 Å². The molecule has 0 amide bonds. The number of benzene rings is 3. The van der Waals surface area contributed by atoms with Crippen molar-refractivity contribution in [3.8, 4) is 0 Å². The Morgan fingerprint density at radius 2 is 1.09 bits per heavy atom. The number of hydrogen-bond donors (Lipinski definition) is 2. The third-order valence-corrected chi connectivity index (χ3v) is 8.27. The molecule has 0 fully saturated rings. The molecular formula is C20H15N6O6P. The summed E-state index contributed by atoms with van der Waals surface area (Å²) in [6, 6.07) is 20.5. The monoisotopic (exact) mass is 466 g/mol. The van der Waals surface area contributed by atoms with Crippen LogP contribution in [-0.4, -0.2) is 21.6 Å². The third-order valence-electron chi connectivity index (χ3n) is 5.06. The van der Waals surface area contributed by atoms with E-state index in [0.29, 0.717) is 16.4 Å². The molecule has 3 aromatic carbocycles. The van der Waals surface area contributed by atoms with Crippen molar-refractivity contribution >= 4 is 35.8 Å². The Hall–Kier alpha value is -4.57. The molecule has 0 radical (unpaired) electrons. The van der Waals surface area contributed by atoms with Crippen molar-refractivity contribution in [1.82, 2.24) is 10.4 Å². The Morgan fingerprint density at radius 3 is 1.48 bits per heavy atom. The van der Waals surface area contributed by atoms with Crippen molar-refractivity contribution in [2.75, 3.05) is 0 Å². The number of nitro groups is 2. The minimum atomic E-state index is -4.14. The molecule has 33 heavy (non-hydrogen) atoms. The van der Waals surface area contributed by atoms with Gasteiger partial charge in [-0.05, 0) is 0 Å². The molecule has 2 aliphatic heterocycles. The first-order valence-corrected chi connectivity index (χ1v) is 11.6. The molecule has 0 saturated heterocycles. The van der Waals surface area contributed by atoms with E-state index < -0.39 is 17.2 Å². The van der Waals surface area contributed by atoms with E-state index in [1.54, 1.807) is 24.3 Å². The minimum absolute atomic E-state index is 0.0617. The number of nitro benzene ring substituents is 2. The predicted molar refractivity (Wildman–Crippen MR) is 121 cm³/mol. The number of hydrogen-bond acceptors (Lipinski definition) is 10. The summed E-state index contributed by atoms with van der Waals surface area (Å²) < 4.78 is 12.7. The molecule has 166 valence electrons. The van der Waals surface area contributed by atoms with E-state index in [0.717, 1.165) is 0 Å². The van der Waals surface area contributed by atoms with Crippen LogP contribution < -0.4 is 15.7 Å². The molecule has 3 aromatic rings. The molecule has 0 atom stereocenters. The number of non-ortho nitro benzene ring substituents is 2. The van der Waals surface area contributed by atoms with Gasteiger partial charge in [0.1, 0.15) is 0 Å². The fourth-order valence-electron chi connectivity index (χ4n) is 3.37. The molecular weight excluding hydrogens is 451 g/mol. The third kappa shape index (κ3) is 3.29. The van der Waals surface area contributed by atoms with Gasteiger partial charge in [-0.1, -0.05) is 0 Å². The van der Waals surface area contributed by atoms with E-state index in [1.807, 2.05) is 6.07 Å². The van der Waals surface area contributed by atoms with Crippen LogP contribution in [0.2, 0.25) is 0 Å².